The highest BCUT2D eigenvalue weighted by atomic mass is 16.6. The van der Waals surface area contributed by atoms with Crippen molar-refractivity contribution < 1.29 is 9.53 Å². The summed E-state index contributed by atoms with van der Waals surface area (Å²) in [5.74, 6) is 0.892. The van der Waals surface area contributed by atoms with E-state index in [9.17, 15) is 4.79 Å². The molecule has 2 saturated heterocycles. The Balaban J connectivity index is 1.69. The fourth-order valence-corrected chi connectivity index (χ4v) is 3.14. The molecule has 2 N–H and O–H groups in total. The number of amides is 1. The molecule has 104 valence electrons. The van der Waals surface area contributed by atoms with Crippen molar-refractivity contribution in [3.63, 3.8) is 0 Å². The number of nitrogens with zero attached hydrogens (tertiary/aromatic N) is 3. The van der Waals surface area contributed by atoms with Gasteiger partial charge in [-0.2, -0.15) is 0 Å². The number of ether oxygens (including phenoxy) is 1. The van der Waals surface area contributed by atoms with Crippen LogP contribution in [0.3, 0.4) is 0 Å². The third kappa shape index (κ3) is 1.49. The predicted octanol–water partition coefficient (Wildman–Crippen LogP) is 1.04. The average molecular weight is 273 g/mol. The summed E-state index contributed by atoms with van der Waals surface area (Å²) >= 11 is 0. The number of H-pyrrole nitrogens is 1. The van der Waals surface area contributed by atoms with Gasteiger partial charge in [0.1, 0.15) is 17.8 Å². The van der Waals surface area contributed by atoms with Crippen molar-refractivity contribution in [1.82, 2.24) is 20.3 Å². The summed E-state index contributed by atoms with van der Waals surface area (Å²) in [5.41, 5.74) is 0.385. The first-order valence-corrected chi connectivity index (χ1v) is 6.70. The normalized spacial score (nSPS) is 29.1. The molecule has 2 aliphatic rings. The van der Waals surface area contributed by atoms with Gasteiger partial charge in [-0.05, 0) is 13.0 Å². The number of carbonyl (C=O) groups is 1. The molecule has 1 spiro atoms. The third-order valence-electron chi connectivity index (χ3n) is 4.32. The van der Waals surface area contributed by atoms with Crippen LogP contribution in [0.1, 0.15) is 13.3 Å². The minimum Gasteiger partial charge on any atom is -0.439 e. The first-order valence-electron chi connectivity index (χ1n) is 6.70. The summed E-state index contributed by atoms with van der Waals surface area (Å²) in [6.07, 6.45) is 3.90. The minimum absolute atomic E-state index is 0.0172. The molecule has 0 aromatic carbocycles. The number of aromatic nitrogens is 3. The molecule has 20 heavy (non-hydrogen) atoms. The standard InChI is InChI=1S/C13H15N5O2/c1-8-13(20-12(19)17-8)3-5-18(6-13)11-9-2-4-14-10(9)15-7-16-11/h2,4,7-8H,3,5-6H2,1H3,(H,17,19)(H,14,15,16). The number of hydrogen-bond acceptors (Lipinski definition) is 5. The largest absolute Gasteiger partial charge is 0.439 e. The van der Waals surface area contributed by atoms with Gasteiger partial charge in [-0.1, -0.05) is 0 Å². The van der Waals surface area contributed by atoms with E-state index in [0.29, 0.717) is 6.54 Å². The second-order valence-electron chi connectivity index (χ2n) is 5.43. The Hall–Kier alpha value is -2.31. The zero-order valence-corrected chi connectivity index (χ0v) is 11.1. The number of anilines is 1. The molecule has 0 bridgehead atoms. The second-order valence-corrected chi connectivity index (χ2v) is 5.43. The molecule has 1 amide bonds. The molecule has 2 fully saturated rings. The molecule has 2 unspecified atom stereocenters. The van der Waals surface area contributed by atoms with E-state index in [0.717, 1.165) is 29.8 Å². The van der Waals surface area contributed by atoms with Crippen LogP contribution in [0.4, 0.5) is 10.6 Å². The summed E-state index contributed by atoms with van der Waals surface area (Å²) in [4.78, 5) is 25.3. The summed E-state index contributed by atoms with van der Waals surface area (Å²) in [7, 11) is 0. The van der Waals surface area contributed by atoms with E-state index in [4.69, 9.17) is 4.74 Å². The van der Waals surface area contributed by atoms with Gasteiger partial charge in [-0.25, -0.2) is 14.8 Å². The van der Waals surface area contributed by atoms with Crippen LogP contribution in [-0.4, -0.2) is 45.8 Å². The fraction of sp³-hybridized carbons (Fsp3) is 0.462. The number of alkyl carbamates (subject to hydrolysis) is 1. The van der Waals surface area contributed by atoms with Crippen LogP contribution in [0, 0.1) is 0 Å². The van der Waals surface area contributed by atoms with E-state index in [-0.39, 0.29) is 12.1 Å². The highest BCUT2D eigenvalue weighted by Crippen LogP contribution is 2.36. The maximum atomic E-state index is 11.4. The van der Waals surface area contributed by atoms with Gasteiger partial charge in [0, 0.05) is 19.2 Å². The highest BCUT2D eigenvalue weighted by molar-refractivity contribution is 5.87. The molecule has 2 aliphatic heterocycles. The summed E-state index contributed by atoms with van der Waals surface area (Å²) in [5, 5.41) is 3.82. The lowest BCUT2D eigenvalue weighted by Gasteiger charge is -2.26. The van der Waals surface area contributed by atoms with E-state index in [2.05, 4.69) is 25.2 Å². The lowest BCUT2D eigenvalue weighted by atomic mass is 9.95. The summed E-state index contributed by atoms with van der Waals surface area (Å²) in [6, 6.07) is 1.99. The Morgan fingerprint density at radius 3 is 3.20 bits per heavy atom. The van der Waals surface area contributed by atoms with Gasteiger partial charge in [0.05, 0.1) is 18.0 Å². The summed E-state index contributed by atoms with van der Waals surface area (Å²) < 4.78 is 5.52. The molecular formula is C13H15N5O2. The van der Waals surface area contributed by atoms with Crippen molar-refractivity contribution in [1.29, 1.82) is 0 Å². The van der Waals surface area contributed by atoms with Gasteiger partial charge in [-0.15, -0.1) is 0 Å². The number of fused-ring (bicyclic) bond motifs is 1. The van der Waals surface area contributed by atoms with Crippen LogP contribution in [-0.2, 0) is 4.74 Å². The molecule has 0 radical (unpaired) electrons. The number of nitrogens with one attached hydrogen (secondary N) is 2. The van der Waals surface area contributed by atoms with Crippen LogP contribution < -0.4 is 10.2 Å². The first kappa shape index (κ1) is 11.5. The monoisotopic (exact) mass is 273 g/mol. The van der Waals surface area contributed by atoms with Crippen LogP contribution in [0.5, 0.6) is 0 Å². The number of rotatable bonds is 1. The van der Waals surface area contributed by atoms with Crippen molar-refractivity contribution >= 4 is 22.9 Å². The van der Waals surface area contributed by atoms with E-state index in [1.165, 1.54) is 0 Å². The van der Waals surface area contributed by atoms with Crippen molar-refractivity contribution in [2.45, 2.75) is 25.0 Å². The lowest BCUT2D eigenvalue weighted by molar-refractivity contribution is 0.0584. The zero-order chi connectivity index (χ0) is 13.7. The quantitative estimate of drug-likeness (QED) is 0.811. The molecule has 4 heterocycles. The molecule has 7 nitrogen and oxygen atoms in total. The predicted molar refractivity (Wildman–Crippen MR) is 72.5 cm³/mol. The van der Waals surface area contributed by atoms with Crippen LogP contribution in [0.25, 0.3) is 11.0 Å². The minimum atomic E-state index is -0.440. The van der Waals surface area contributed by atoms with E-state index in [1.807, 2.05) is 19.2 Å². The van der Waals surface area contributed by atoms with Gasteiger partial charge < -0.3 is 19.9 Å². The maximum Gasteiger partial charge on any atom is 0.408 e. The molecule has 4 rings (SSSR count). The van der Waals surface area contributed by atoms with Crippen LogP contribution in [0.2, 0.25) is 0 Å². The van der Waals surface area contributed by atoms with Crippen molar-refractivity contribution in [2.75, 3.05) is 18.0 Å². The molecule has 2 aromatic heterocycles. The Morgan fingerprint density at radius 2 is 2.40 bits per heavy atom. The fourth-order valence-electron chi connectivity index (χ4n) is 3.14. The van der Waals surface area contributed by atoms with Gasteiger partial charge in [0.2, 0.25) is 0 Å². The van der Waals surface area contributed by atoms with E-state index in [1.54, 1.807) is 6.33 Å². The lowest BCUT2D eigenvalue weighted by Crippen LogP contribution is -2.44. The average Bonchev–Trinajstić information content (AvgIpc) is 3.10. The van der Waals surface area contributed by atoms with Crippen molar-refractivity contribution in [2.24, 2.45) is 0 Å². The van der Waals surface area contributed by atoms with Gasteiger partial charge in [0.25, 0.3) is 0 Å². The van der Waals surface area contributed by atoms with E-state index < -0.39 is 5.60 Å². The third-order valence-corrected chi connectivity index (χ3v) is 4.32. The molecule has 2 atom stereocenters. The molecule has 2 aromatic rings. The first-order chi connectivity index (χ1) is 9.68. The van der Waals surface area contributed by atoms with Crippen molar-refractivity contribution in [3.05, 3.63) is 18.6 Å². The van der Waals surface area contributed by atoms with Crippen molar-refractivity contribution in [3.8, 4) is 0 Å². The van der Waals surface area contributed by atoms with Gasteiger partial charge in [0.15, 0.2) is 5.60 Å². The topological polar surface area (TPSA) is 83.1 Å². The molecule has 7 heteroatoms. The van der Waals surface area contributed by atoms with Crippen LogP contribution >= 0.6 is 0 Å². The number of aromatic amines is 1. The maximum absolute atomic E-state index is 11.4. The van der Waals surface area contributed by atoms with Crippen LogP contribution in [0.15, 0.2) is 18.6 Å². The molecular weight excluding hydrogens is 258 g/mol. The Labute approximate surface area is 115 Å². The Kier molecular flexibility index (Phi) is 2.21. The van der Waals surface area contributed by atoms with E-state index >= 15 is 0 Å². The Bertz CT molecular complexity index is 684. The second kappa shape index (κ2) is 3.84. The van der Waals surface area contributed by atoms with Gasteiger partial charge in [-0.3, -0.25) is 0 Å². The molecule has 0 saturated carbocycles. The Morgan fingerprint density at radius 1 is 1.50 bits per heavy atom. The van der Waals surface area contributed by atoms with Gasteiger partial charge >= 0.3 is 6.09 Å². The highest BCUT2D eigenvalue weighted by Gasteiger charge is 2.51. The zero-order valence-electron chi connectivity index (χ0n) is 11.1. The number of hydrogen-bond donors (Lipinski definition) is 2. The number of carbonyl (C=O) groups excluding carboxylic acids is 1. The summed E-state index contributed by atoms with van der Waals surface area (Å²) in [6.45, 7) is 3.46. The molecule has 0 aliphatic carbocycles. The smallest absolute Gasteiger partial charge is 0.408 e. The SMILES string of the molecule is CC1NC(=O)OC12CCN(c1ncnc3[nH]ccc13)C2.